The minimum atomic E-state index is -0.419. The third-order valence-electron chi connectivity index (χ3n) is 4.24. The highest BCUT2D eigenvalue weighted by Gasteiger charge is 2.10. The Bertz CT molecular complexity index is 754. The van der Waals surface area contributed by atoms with Crippen LogP contribution in [0, 0.1) is 0 Å². The summed E-state index contributed by atoms with van der Waals surface area (Å²) in [5.41, 5.74) is 2.30. The smallest absolute Gasteiger partial charge is 0.0802 e. The number of benzene rings is 3. The molecular formula is C21H23NO. The average molecular weight is 305 g/mol. The predicted molar refractivity (Wildman–Crippen MR) is 96.3 cm³/mol. The SMILES string of the molecule is CN(CCC(O)c1ccc2ccccc2c1)Cc1ccccc1. The van der Waals surface area contributed by atoms with Crippen LogP contribution >= 0.6 is 0 Å². The first-order valence-electron chi connectivity index (χ1n) is 8.11. The first-order chi connectivity index (χ1) is 11.2. The van der Waals surface area contributed by atoms with Crippen molar-refractivity contribution in [3.05, 3.63) is 83.9 Å². The van der Waals surface area contributed by atoms with E-state index < -0.39 is 6.10 Å². The quantitative estimate of drug-likeness (QED) is 0.730. The molecule has 0 bridgehead atoms. The van der Waals surface area contributed by atoms with E-state index in [9.17, 15) is 5.11 Å². The van der Waals surface area contributed by atoms with Gasteiger partial charge >= 0.3 is 0 Å². The first kappa shape index (κ1) is 15.7. The Morgan fingerprint density at radius 3 is 2.35 bits per heavy atom. The largest absolute Gasteiger partial charge is 0.388 e. The normalized spacial score (nSPS) is 12.7. The molecule has 0 spiro atoms. The minimum absolute atomic E-state index is 0.419. The van der Waals surface area contributed by atoms with E-state index in [0.29, 0.717) is 0 Å². The predicted octanol–water partition coefficient (Wildman–Crippen LogP) is 4.40. The lowest BCUT2D eigenvalue weighted by molar-refractivity contribution is 0.148. The highest BCUT2D eigenvalue weighted by molar-refractivity contribution is 5.83. The van der Waals surface area contributed by atoms with Gasteiger partial charge in [-0.05, 0) is 41.4 Å². The Kier molecular flexibility index (Phi) is 5.06. The number of rotatable bonds is 6. The van der Waals surface area contributed by atoms with Gasteiger partial charge in [0.25, 0.3) is 0 Å². The monoisotopic (exact) mass is 305 g/mol. The van der Waals surface area contributed by atoms with E-state index in [2.05, 4.69) is 60.5 Å². The van der Waals surface area contributed by atoms with Crippen LogP contribution in [0.2, 0.25) is 0 Å². The Balaban J connectivity index is 1.58. The van der Waals surface area contributed by atoms with Gasteiger partial charge in [-0.1, -0.05) is 66.7 Å². The molecule has 0 aliphatic carbocycles. The lowest BCUT2D eigenvalue weighted by atomic mass is 10.0. The molecule has 0 radical (unpaired) electrons. The Hall–Kier alpha value is -2.16. The molecule has 23 heavy (non-hydrogen) atoms. The van der Waals surface area contributed by atoms with E-state index >= 15 is 0 Å². The van der Waals surface area contributed by atoms with Crippen molar-refractivity contribution in [2.24, 2.45) is 0 Å². The van der Waals surface area contributed by atoms with E-state index in [1.54, 1.807) is 0 Å². The van der Waals surface area contributed by atoms with Gasteiger partial charge in [0.2, 0.25) is 0 Å². The molecule has 0 saturated carbocycles. The van der Waals surface area contributed by atoms with Gasteiger partial charge in [0.05, 0.1) is 6.10 Å². The van der Waals surface area contributed by atoms with E-state index in [1.807, 2.05) is 24.3 Å². The summed E-state index contributed by atoms with van der Waals surface area (Å²) in [5, 5.41) is 12.9. The molecule has 3 aromatic carbocycles. The second-order valence-electron chi connectivity index (χ2n) is 6.13. The molecule has 118 valence electrons. The van der Waals surface area contributed by atoms with Crippen LogP contribution in [0.25, 0.3) is 10.8 Å². The number of aliphatic hydroxyl groups excluding tert-OH is 1. The van der Waals surface area contributed by atoms with Crippen LogP contribution in [-0.4, -0.2) is 23.6 Å². The Morgan fingerprint density at radius 1 is 0.870 bits per heavy atom. The van der Waals surface area contributed by atoms with Crippen molar-refractivity contribution in [1.29, 1.82) is 0 Å². The van der Waals surface area contributed by atoms with Crippen LogP contribution in [0.5, 0.6) is 0 Å². The molecule has 0 aliphatic rings. The van der Waals surface area contributed by atoms with Crippen molar-refractivity contribution < 1.29 is 5.11 Å². The summed E-state index contributed by atoms with van der Waals surface area (Å²) in [6.07, 6.45) is 0.319. The van der Waals surface area contributed by atoms with Gasteiger partial charge in [0, 0.05) is 13.1 Å². The zero-order chi connectivity index (χ0) is 16.1. The number of nitrogens with zero attached hydrogens (tertiary/aromatic N) is 1. The lowest BCUT2D eigenvalue weighted by Crippen LogP contribution is -2.20. The van der Waals surface area contributed by atoms with Gasteiger partial charge in [0.1, 0.15) is 0 Å². The molecular weight excluding hydrogens is 282 g/mol. The van der Waals surface area contributed by atoms with Gasteiger partial charge < -0.3 is 10.0 Å². The molecule has 1 atom stereocenters. The molecule has 0 aromatic heterocycles. The van der Waals surface area contributed by atoms with Crippen molar-refractivity contribution in [3.63, 3.8) is 0 Å². The molecule has 0 heterocycles. The van der Waals surface area contributed by atoms with Crippen LogP contribution in [0.15, 0.2) is 72.8 Å². The fourth-order valence-corrected chi connectivity index (χ4v) is 2.90. The Morgan fingerprint density at radius 2 is 1.57 bits per heavy atom. The summed E-state index contributed by atoms with van der Waals surface area (Å²) in [5.74, 6) is 0. The van der Waals surface area contributed by atoms with E-state index in [1.165, 1.54) is 16.3 Å². The van der Waals surface area contributed by atoms with Gasteiger partial charge in [0.15, 0.2) is 0 Å². The topological polar surface area (TPSA) is 23.5 Å². The van der Waals surface area contributed by atoms with Gasteiger partial charge in [-0.25, -0.2) is 0 Å². The van der Waals surface area contributed by atoms with Crippen LogP contribution in [0.1, 0.15) is 23.7 Å². The second kappa shape index (κ2) is 7.40. The van der Waals surface area contributed by atoms with Gasteiger partial charge in [-0.2, -0.15) is 0 Å². The first-order valence-corrected chi connectivity index (χ1v) is 8.11. The number of fused-ring (bicyclic) bond motifs is 1. The van der Waals surface area contributed by atoms with Crippen LogP contribution in [0.3, 0.4) is 0 Å². The molecule has 3 aromatic rings. The number of aliphatic hydroxyl groups is 1. The summed E-state index contributed by atoms with van der Waals surface area (Å²) in [6, 6.07) is 24.9. The Labute approximate surface area is 138 Å². The van der Waals surface area contributed by atoms with Crippen molar-refractivity contribution in [2.45, 2.75) is 19.1 Å². The van der Waals surface area contributed by atoms with E-state index in [0.717, 1.165) is 25.1 Å². The third kappa shape index (κ3) is 4.19. The van der Waals surface area contributed by atoms with E-state index in [4.69, 9.17) is 0 Å². The number of hydrogen-bond donors (Lipinski definition) is 1. The fraction of sp³-hybridized carbons (Fsp3) is 0.238. The van der Waals surface area contributed by atoms with E-state index in [-0.39, 0.29) is 0 Å². The summed E-state index contributed by atoms with van der Waals surface area (Å²) in [7, 11) is 2.10. The fourth-order valence-electron chi connectivity index (χ4n) is 2.90. The molecule has 0 aliphatic heterocycles. The van der Waals surface area contributed by atoms with Crippen molar-refractivity contribution in [1.82, 2.24) is 4.90 Å². The van der Waals surface area contributed by atoms with Crippen molar-refractivity contribution >= 4 is 10.8 Å². The summed E-state index contributed by atoms with van der Waals surface area (Å²) >= 11 is 0. The molecule has 0 saturated heterocycles. The zero-order valence-electron chi connectivity index (χ0n) is 13.5. The molecule has 1 N–H and O–H groups in total. The van der Waals surface area contributed by atoms with Crippen LogP contribution < -0.4 is 0 Å². The molecule has 2 nitrogen and oxygen atoms in total. The molecule has 2 heteroatoms. The third-order valence-corrected chi connectivity index (χ3v) is 4.24. The second-order valence-corrected chi connectivity index (χ2v) is 6.13. The average Bonchev–Trinajstić information content (AvgIpc) is 2.60. The minimum Gasteiger partial charge on any atom is -0.388 e. The van der Waals surface area contributed by atoms with Gasteiger partial charge in [-0.3, -0.25) is 0 Å². The summed E-state index contributed by atoms with van der Waals surface area (Å²) in [6.45, 7) is 1.77. The van der Waals surface area contributed by atoms with Crippen LogP contribution in [0.4, 0.5) is 0 Å². The lowest BCUT2D eigenvalue weighted by Gasteiger charge is -2.19. The maximum atomic E-state index is 10.5. The highest BCUT2D eigenvalue weighted by Crippen LogP contribution is 2.22. The molecule has 1 unspecified atom stereocenters. The highest BCUT2D eigenvalue weighted by atomic mass is 16.3. The number of hydrogen-bond acceptors (Lipinski definition) is 2. The zero-order valence-corrected chi connectivity index (χ0v) is 13.5. The summed E-state index contributed by atoms with van der Waals surface area (Å²) < 4.78 is 0. The van der Waals surface area contributed by atoms with Crippen LogP contribution in [-0.2, 0) is 6.54 Å². The summed E-state index contributed by atoms with van der Waals surface area (Å²) in [4.78, 5) is 2.25. The maximum Gasteiger partial charge on any atom is 0.0802 e. The van der Waals surface area contributed by atoms with Gasteiger partial charge in [-0.15, -0.1) is 0 Å². The molecule has 0 amide bonds. The standard InChI is InChI=1S/C21H23NO/c1-22(16-17-7-3-2-4-8-17)14-13-21(23)20-12-11-18-9-5-6-10-19(18)15-20/h2-12,15,21,23H,13-14,16H2,1H3. The molecule has 3 rings (SSSR count). The molecule has 0 fully saturated rings. The maximum absolute atomic E-state index is 10.5. The van der Waals surface area contributed by atoms with Crippen molar-refractivity contribution in [3.8, 4) is 0 Å². The van der Waals surface area contributed by atoms with Crippen molar-refractivity contribution in [2.75, 3.05) is 13.6 Å².